The van der Waals surface area contributed by atoms with Crippen LogP contribution in [-0.2, 0) is 21.2 Å². The molecule has 0 radical (unpaired) electrons. The molecule has 8 nitrogen and oxygen atoms in total. The zero-order chi connectivity index (χ0) is 21.6. The second kappa shape index (κ2) is 7.46. The monoisotopic (exact) mass is 400 g/mol. The lowest BCUT2D eigenvalue weighted by atomic mass is 9.79. The molecule has 1 N–H and O–H groups in total. The average molecular weight is 400 g/mol. The van der Waals surface area contributed by atoms with Crippen molar-refractivity contribution in [2.75, 3.05) is 11.4 Å². The molecule has 1 aromatic heterocycles. The first-order chi connectivity index (χ1) is 13.6. The molecule has 0 aliphatic carbocycles. The van der Waals surface area contributed by atoms with Crippen molar-refractivity contribution in [2.24, 2.45) is 7.05 Å². The Morgan fingerprint density at radius 1 is 1.10 bits per heavy atom. The van der Waals surface area contributed by atoms with Crippen LogP contribution in [0.2, 0.25) is 0 Å². The van der Waals surface area contributed by atoms with E-state index in [1.807, 2.05) is 66.8 Å². The van der Waals surface area contributed by atoms with Gasteiger partial charge in [-0.1, -0.05) is 19.9 Å². The zero-order valence-corrected chi connectivity index (χ0v) is 18.2. The van der Waals surface area contributed by atoms with E-state index in [0.717, 1.165) is 16.4 Å². The number of carbonyl (C=O) groups excluding carboxylic acids is 2. The Morgan fingerprint density at radius 2 is 1.72 bits per heavy atom. The van der Waals surface area contributed by atoms with Crippen LogP contribution >= 0.6 is 0 Å². The fraction of sp³-hybridized carbons (Fsp3) is 0.550. The number of fused-ring (bicyclic) bond motifs is 1. The van der Waals surface area contributed by atoms with Crippen molar-refractivity contribution in [3.8, 4) is 0 Å². The van der Waals surface area contributed by atoms with Gasteiger partial charge in [-0.3, -0.25) is 19.7 Å². The summed E-state index contributed by atoms with van der Waals surface area (Å²) in [6.07, 6.45) is 0.260. The van der Waals surface area contributed by atoms with Crippen molar-refractivity contribution in [2.45, 2.75) is 59.2 Å². The van der Waals surface area contributed by atoms with E-state index in [4.69, 9.17) is 9.31 Å². The van der Waals surface area contributed by atoms with Gasteiger partial charge < -0.3 is 9.31 Å². The molecule has 2 aromatic rings. The van der Waals surface area contributed by atoms with Crippen LogP contribution in [0.5, 0.6) is 0 Å². The van der Waals surface area contributed by atoms with Gasteiger partial charge in [0, 0.05) is 25.4 Å². The molecule has 0 unspecified atom stereocenters. The molecular formula is C20H29BN4O4. The number of hydrogen-bond donors (Lipinski definition) is 1. The molecule has 3 heterocycles. The molecule has 0 spiro atoms. The number of rotatable bonds is 2. The number of aryl methyl sites for hydroxylation is 1. The Labute approximate surface area is 171 Å². The summed E-state index contributed by atoms with van der Waals surface area (Å²) in [6, 6.07) is 5.38. The summed E-state index contributed by atoms with van der Waals surface area (Å²) in [4.78, 5) is 25.1. The van der Waals surface area contributed by atoms with E-state index >= 15 is 0 Å². The maximum absolute atomic E-state index is 12.2. The van der Waals surface area contributed by atoms with Crippen molar-refractivity contribution in [3.05, 3.63) is 18.2 Å². The molecule has 4 rings (SSSR count). The highest BCUT2D eigenvalue weighted by Crippen LogP contribution is 2.37. The number of aromatic nitrogens is 2. The molecule has 1 aromatic carbocycles. The lowest BCUT2D eigenvalue weighted by Crippen LogP contribution is -2.49. The van der Waals surface area contributed by atoms with E-state index in [0.29, 0.717) is 12.4 Å². The van der Waals surface area contributed by atoms with E-state index in [-0.39, 0.29) is 12.3 Å². The predicted octanol–water partition coefficient (Wildman–Crippen LogP) is 2.34. The van der Waals surface area contributed by atoms with Gasteiger partial charge in [-0.15, -0.1) is 0 Å². The maximum Gasteiger partial charge on any atom is 0.494 e. The molecular weight excluding hydrogens is 371 g/mol. The van der Waals surface area contributed by atoms with Gasteiger partial charge in [-0.2, -0.15) is 5.10 Å². The van der Waals surface area contributed by atoms with E-state index in [1.165, 1.54) is 4.90 Å². The van der Waals surface area contributed by atoms with Crippen molar-refractivity contribution in [3.63, 3.8) is 0 Å². The SMILES string of the molecule is CC.Cn1nc(N2CCC(=O)NC2=O)c2ccc(B3OC(C)(C)C(C)(C)O3)cc21. The fourth-order valence-corrected chi connectivity index (χ4v) is 3.35. The van der Waals surface area contributed by atoms with E-state index in [2.05, 4.69) is 10.4 Å². The Balaban J connectivity index is 0.00000117. The maximum atomic E-state index is 12.2. The van der Waals surface area contributed by atoms with Crippen molar-refractivity contribution in [1.82, 2.24) is 15.1 Å². The van der Waals surface area contributed by atoms with Gasteiger partial charge in [0.2, 0.25) is 5.91 Å². The normalized spacial score (nSPS) is 20.5. The second-order valence-corrected chi connectivity index (χ2v) is 8.07. The third-order valence-corrected chi connectivity index (χ3v) is 5.69. The highest BCUT2D eigenvalue weighted by Gasteiger charge is 2.51. The summed E-state index contributed by atoms with van der Waals surface area (Å²) in [5.41, 5.74) is 0.932. The topological polar surface area (TPSA) is 85.7 Å². The summed E-state index contributed by atoms with van der Waals surface area (Å²) < 4.78 is 14.0. The molecule has 0 atom stereocenters. The minimum Gasteiger partial charge on any atom is -0.399 e. The first-order valence-corrected chi connectivity index (χ1v) is 10.0. The fourth-order valence-electron chi connectivity index (χ4n) is 3.35. The molecule has 2 aliphatic heterocycles. The predicted molar refractivity (Wildman–Crippen MR) is 113 cm³/mol. The average Bonchev–Trinajstić information content (AvgIpc) is 3.09. The van der Waals surface area contributed by atoms with Crippen LogP contribution in [0.1, 0.15) is 48.0 Å². The molecule has 2 saturated heterocycles. The minimum absolute atomic E-state index is 0.260. The van der Waals surface area contributed by atoms with Crippen LogP contribution in [0, 0.1) is 0 Å². The molecule has 0 bridgehead atoms. The third-order valence-electron chi connectivity index (χ3n) is 5.69. The van der Waals surface area contributed by atoms with Gasteiger partial charge in [0.25, 0.3) is 0 Å². The quantitative estimate of drug-likeness (QED) is 0.783. The number of nitrogens with zero attached hydrogens (tertiary/aromatic N) is 3. The molecule has 0 saturated carbocycles. The number of amides is 3. The van der Waals surface area contributed by atoms with Crippen LogP contribution < -0.4 is 15.7 Å². The summed E-state index contributed by atoms with van der Waals surface area (Å²) >= 11 is 0. The van der Waals surface area contributed by atoms with E-state index in [1.54, 1.807) is 4.68 Å². The zero-order valence-electron chi connectivity index (χ0n) is 18.2. The third kappa shape index (κ3) is 3.64. The summed E-state index contributed by atoms with van der Waals surface area (Å²) in [6.45, 7) is 12.4. The first-order valence-electron chi connectivity index (χ1n) is 10.0. The molecule has 29 heavy (non-hydrogen) atoms. The Bertz CT molecular complexity index is 937. The summed E-state index contributed by atoms with van der Waals surface area (Å²) in [5.74, 6) is 0.275. The molecule has 9 heteroatoms. The van der Waals surface area contributed by atoms with Gasteiger partial charge in [-0.25, -0.2) is 4.79 Å². The number of benzene rings is 1. The molecule has 2 fully saturated rings. The number of urea groups is 1. The first kappa shape index (κ1) is 21.3. The minimum atomic E-state index is -0.464. The van der Waals surface area contributed by atoms with E-state index in [9.17, 15) is 9.59 Å². The van der Waals surface area contributed by atoms with Crippen molar-refractivity contribution < 1.29 is 18.9 Å². The smallest absolute Gasteiger partial charge is 0.399 e. The van der Waals surface area contributed by atoms with Crippen LogP contribution in [0.25, 0.3) is 10.9 Å². The molecule has 3 amide bonds. The highest BCUT2D eigenvalue weighted by atomic mass is 16.7. The number of nitrogens with one attached hydrogen (secondary N) is 1. The van der Waals surface area contributed by atoms with Crippen LogP contribution in [0.3, 0.4) is 0 Å². The molecule has 2 aliphatic rings. The molecule has 156 valence electrons. The Kier molecular flexibility index (Phi) is 5.49. The van der Waals surface area contributed by atoms with Crippen molar-refractivity contribution in [1.29, 1.82) is 0 Å². The largest absolute Gasteiger partial charge is 0.494 e. The number of carbonyl (C=O) groups is 2. The van der Waals surface area contributed by atoms with Gasteiger partial charge in [0.15, 0.2) is 5.82 Å². The van der Waals surface area contributed by atoms with Crippen LogP contribution in [0.15, 0.2) is 18.2 Å². The standard InChI is InChI=1S/C18H23BN4O4.C2H6/c1-17(2)18(3,4)27-19(26-17)11-6-7-12-13(10-11)22(5)21-15(12)23-9-8-14(24)20-16(23)25;1-2/h6-7,10H,8-9H2,1-5H3,(H,20,24,25);1-2H3. The Morgan fingerprint density at radius 3 is 2.31 bits per heavy atom. The van der Waals surface area contributed by atoms with Gasteiger partial charge in [0.05, 0.1) is 16.7 Å². The summed E-state index contributed by atoms with van der Waals surface area (Å²) in [5, 5.41) is 7.67. The van der Waals surface area contributed by atoms with Crippen molar-refractivity contribution >= 4 is 41.2 Å². The highest BCUT2D eigenvalue weighted by molar-refractivity contribution is 6.62. The van der Waals surface area contributed by atoms with Gasteiger partial charge in [0.1, 0.15) is 0 Å². The van der Waals surface area contributed by atoms with E-state index < -0.39 is 24.4 Å². The van der Waals surface area contributed by atoms with Gasteiger partial charge >= 0.3 is 13.1 Å². The lowest BCUT2D eigenvalue weighted by Gasteiger charge is -2.32. The number of hydrogen-bond acceptors (Lipinski definition) is 5. The van der Waals surface area contributed by atoms with Crippen LogP contribution in [-0.4, -0.2) is 46.6 Å². The summed E-state index contributed by atoms with van der Waals surface area (Å²) in [7, 11) is 1.36. The Hall–Kier alpha value is -2.39. The van der Waals surface area contributed by atoms with Gasteiger partial charge in [-0.05, 0) is 45.3 Å². The second-order valence-electron chi connectivity index (χ2n) is 8.07. The lowest BCUT2D eigenvalue weighted by molar-refractivity contribution is -0.120. The number of anilines is 1. The number of imide groups is 1. The van der Waals surface area contributed by atoms with Crippen LogP contribution in [0.4, 0.5) is 10.6 Å².